The molecule has 4 aliphatic carbocycles. The molecule has 0 aromatic carbocycles. The normalized spacial score (nSPS) is 49.0. The van der Waals surface area contributed by atoms with Gasteiger partial charge in [0, 0.05) is 23.6 Å². The van der Waals surface area contributed by atoms with E-state index in [4.69, 9.17) is 5.11 Å². The highest BCUT2D eigenvalue weighted by molar-refractivity contribution is 5.79. The van der Waals surface area contributed by atoms with Crippen LogP contribution in [-0.4, -0.2) is 40.9 Å². The molecule has 9 atom stereocenters. The number of likely N-dealkylation sites (tertiary alicyclic amines) is 1. The van der Waals surface area contributed by atoms with Gasteiger partial charge in [0.25, 0.3) is 0 Å². The summed E-state index contributed by atoms with van der Waals surface area (Å²) in [5, 5.41) is 9.08. The standard InChI is InChI=1S/C33H51NO3/c1-22(2)23-12-15-33(21-35)17-16-31(6)24(28(23)33)10-11-26-30(5)18-20-34(19-8-9-27(36)37)29(3,4)25(30)13-14-32(26,31)7/h8-9,21,23-26,28H,1,10-20H2,2-7H3,(H,36,37)/b9-8+/t23-,24+,25-,26+,28+,30-,31+,32+,33+/m0/s1. The van der Waals surface area contributed by atoms with E-state index in [1.807, 2.05) is 6.08 Å². The van der Waals surface area contributed by atoms with E-state index in [-0.39, 0.29) is 16.4 Å². The summed E-state index contributed by atoms with van der Waals surface area (Å²) in [6.45, 7) is 21.1. The van der Waals surface area contributed by atoms with Crippen molar-refractivity contribution in [2.75, 3.05) is 13.1 Å². The van der Waals surface area contributed by atoms with E-state index in [0.717, 1.165) is 25.8 Å². The molecule has 5 fully saturated rings. The highest BCUT2D eigenvalue weighted by atomic mass is 16.4. The zero-order chi connectivity index (χ0) is 27.0. The van der Waals surface area contributed by atoms with Gasteiger partial charge in [0.2, 0.25) is 0 Å². The van der Waals surface area contributed by atoms with Gasteiger partial charge in [-0.05, 0) is 131 Å². The molecular formula is C33H51NO3. The van der Waals surface area contributed by atoms with Crippen molar-refractivity contribution in [2.24, 2.45) is 51.2 Å². The summed E-state index contributed by atoms with van der Waals surface area (Å²) >= 11 is 0. The van der Waals surface area contributed by atoms with Crippen molar-refractivity contribution in [3.63, 3.8) is 0 Å². The van der Waals surface area contributed by atoms with E-state index in [1.165, 1.54) is 56.5 Å². The van der Waals surface area contributed by atoms with E-state index >= 15 is 0 Å². The molecule has 0 amide bonds. The summed E-state index contributed by atoms with van der Waals surface area (Å²) < 4.78 is 0. The first kappa shape index (κ1) is 27.2. The lowest BCUT2D eigenvalue weighted by atomic mass is 9.33. The summed E-state index contributed by atoms with van der Waals surface area (Å²) in [6, 6.07) is 0. The Balaban J connectivity index is 1.47. The number of rotatable bonds is 5. The highest BCUT2D eigenvalue weighted by Gasteiger charge is 2.70. The smallest absolute Gasteiger partial charge is 0.328 e. The second-order valence-electron chi connectivity index (χ2n) is 15.1. The Morgan fingerprint density at radius 3 is 2.32 bits per heavy atom. The number of aliphatic carboxylic acids is 1. The number of piperidine rings is 1. The van der Waals surface area contributed by atoms with Crippen molar-refractivity contribution in [3.8, 4) is 0 Å². The van der Waals surface area contributed by atoms with Crippen LogP contribution in [0.4, 0.5) is 0 Å². The van der Waals surface area contributed by atoms with Crippen LogP contribution >= 0.6 is 0 Å². The first-order valence-corrected chi connectivity index (χ1v) is 15.0. The third-order valence-electron chi connectivity index (χ3n) is 13.8. The lowest BCUT2D eigenvalue weighted by molar-refractivity contribution is -0.239. The molecule has 5 rings (SSSR count). The second kappa shape index (κ2) is 8.80. The lowest BCUT2D eigenvalue weighted by Crippen LogP contribution is -2.69. The molecule has 0 aromatic rings. The Morgan fingerprint density at radius 2 is 1.68 bits per heavy atom. The highest BCUT2D eigenvalue weighted by Crippen LogP contribution is 2.76. The summed E-state index contributed by atoms with van der Waals surface area (Å²) in [7, 11) is 0. The van der Waals surface area contributed by atoms with Gasteiger partial charge in [0.15, 0.2) is 0 Å². The minimum atomic E-state index is -0.861. The van der Waals surface area contributed by atoms with E-state index < -0.39 is 5.97 Å². The molecule has 1 N–H and O–H groups in total. The zero-order valence-electron chi connectivity index (χ0n) is 24.3. The molecule has 4 saturated carbocycles. The van der Waals surface area contributed by atoms with E-state index in [2.05, 4.69) is 53.0 Å². The summed E-state index contributed by atoms with van der Waals surface area (Å²) in [4.78, 5) is 26.2. The molecule has 0 aromatic heterocycles. The van der Waals surface area contributed by atoms with Crippen LogP contribution in [-0.2, 0) is 9.59 Å². The average Bonchev–Trinajstić information content (AvgIpc) is 3.21. The van der Waals surface area contributed by atoms with Gasteiger partial charge in [0.1, 0.15) is 6.29 Å². The van der Waals surface area contributed by atoms with Crippen molar-refractivity contribution in [1.29, 1.82) is 0 Å². The number of hydrogen-bond acceptors (Lipinski definition) is 3. The Morgan fingerprint density at radius 1 is 0.946 bits per heavy atom. The Labute approximate surface area is 225 Å². The largest absolute Gasteiger partial charge is 0.478 e. The molecule has 0 bridgehead atoms. The van der Waals surface area contributed by atoms with Gasteiger partial charge >= 0.3 is 5.97 Å². The molecule has 37 heavy (non-hydrogen) atoms. The monoisotopic (exact) mass is 509 g/mol. The van der Waals surface area contributed by atoms with Gasteiger partial charge in [-0.2, -0.15) is 0 Å². The predicted molar refractivity (Wildman–Crippen MR) is 149 cm³/mol. The second-order valence-corrected chi connectivity index (χ2v) is 15.1. The number of carbonyl (C=O) groups excluding carboxylic acids is 1. The van der Waals surface area contributed by atoms with Crippen molar-refractivity contribution in [2.45, 2.75) is 105 Å². The maximum absolute atomic E-state index is 12.7. The van der Waals surface area contributed by atoms with Gasteiger partial charge < -0.3 is 9.90 Å². The first-order chi connectivity index (χ1) is 17.3. The molecule has 4 nitrogen and oxygen atoms in total. The Bertz CT molecular complexity index is 1000. The Kier molecular flexibility index (Phi) is 6.46. The number of carbonyl (C=O) groups is 2. The fraction of sp³-hybridized carbons (Fsp3) is 0.818. The molecule has 1 heterocycles. The molecule has 206 valence electrons. The van der Waals surface area contributed by atoms with Gasteiger partial charge in [-0.3, -0.25) is 4.90 Å². The molecule has 0 unspecified atom stereocenters. The average molecular weight is 510 g/mol. The van der Waals surface area contributed by atoms with Crippen LogP contribution in [0.15, 0.2) is 24.3 Å². The lowest BCUT2D eigenvalue weighted by Gasteiger charge is -2.73. The van der Waals surface area contributed by atoms with E-state index in [9.17, 15) is 9.59 Å². The number of fused-ring (bicyclic) bond motifs is 7. The molecule has 5 aliphatic rings. The minimum absolute atomic E-state index is 0.0463. The van der Waals surface area contributed by atoms with Crippen LogP contribution in [0.3, 0.4) is 0 Å². The molecule has 1 aliphatic heterocycles. The number of allylic oxidation sites excluding steroid dienone is 1. The fourth-order valence-corrected chi connectivity index (χ4v) is 11.8. The van der Waals surface area contributed by atoms with Gasteiger partial charge in [0.05, 0.1) is 0 Å². The molecule has 4 heteroatoms. The van der Waals surface area contributed by atoms with Crippen LogP contribution in [0, 0.1) is 51.2 Å². The summed E-state index contributed by atoms with van der Waals surface area (Å²) in [6.07, 6.45) is 15.2. The van der Waals surface area contributed by atoms with E-state index in [1.54, 1.807) is 0 Å². The molecule has 0 spiro atoms. The molecular weight excluding hydrogens is 458 g/mol. The van der Waals surface area contributed by atoms with Crippen LogP contribution < -0.4 is 0 Å². The first-order valence-electron chi connectivity index (χ1n) is 15.0. The number of aldehydes is 1. The number of carboxylic acids is 1. The predicted octanol–water partition coefficient (Wildman–Crippen LogP) is 7.15. The summed E-state index contributed by atoms with van der Waals surface area (Å²) in [5.41, 5.74) is 2.08. The number of carboxylic acid groups (broad SMARTS) is 1. The van der Waals surface area contributed by atoms with Crippen LogP contribution in [0.1, 0.15) is 99.3 Å². The van der Waals surface area contributed by atoms with Gasteiger partial charge in [-0.25, -0.2) is 4.79 Å². The minimum Gasteiger partial charge on any atom is -0.478 e. The SMILES string of the molecule is C=C(C)[C@@H]1CC[C@]2(C=O)CC[C@]3(C)[C@H](CC[C@@H]4[C@@]5(C)CCN(C/C=C/C(=O)O)C(C)(C)[C@@H]5CC[C@]43C)[C@@H]12. The van der Waals surface area contributed by atoms with Crippen LogP contribution in [0.5, 0.6) is 0 Å². The van der Waals surface area contributed by atoms with Gasteiger partial charge in [-0.1, -0.05) is 39.0 Å². The van der Waals surface area contributed by atoms with Crippen molar-refractivity contribution >= 4 is 12.3 Å². The number of hydrogen-bond donors (Lipinski definition) is 1. The summed E-state index contributed by atoms with van der Waals surface area (Å²) in [5.74, 6) is 2.04. The van der Waals surface area contributed by atoms with Crippen LogP contribution in [0.25, 0.3) is 0 Å². The maximum atomic E-state index is 12.7. The molecule has 1 saturated heterocycles. The van der Waals surface area contributed by atoms with Crippen molar-refractivity contribution in [1.82, 2.24) is 4.90 Å². The van der Waals surface area contributed by atoms with Gasteiger partial charge in [-0.15, -0.1) is 0 Å². The third-order valence-corrected chi connectivity index (χ3v) is 13.8. The maximum Gasteiger partial charge on any atom is 0.328 e. The topological polar surface area (TPSA) is 57.6 Å². The van der Waals surface area contributed by atoms with Crippen LogP contribution in [0.2, 0.25) is 0 Å². The third kappa shape index (κ3) is 3.63. The fourth-order valence-electron chi connectivity index (χ4n) is 11.8. The van der Waals surface area contributed by atoms with E-state index in [0.29, 0.717) is 47.0 Å². The molecule has 0 radical (unpaired) electrons. The quantitative estimate of drug-likeness (QED) is 0.243. The Hall–Kier alpha value is -1.42. The zero-order valence-corrected chi connectivity index (χ0v) is 24.3. The number of nitrogens with zero attached hydrogens (tertiary/aromatic N) is 1. The van der Waals surface area contributed by atoms with Crippen molar-refractivity contribution < 1.29 is 14.7 Å². The van der Waals surface area contributed by atoms with Crippen molar-refractivity contribution in [3.05, 3.63) is 24.3 Å².